The molecule has 1 unspecified atom stereocenters. The lowest BCUT2D eigenvalue weighted by Crippen LogP contribution is -2.47. The number of hydrogen-bond donors (Lipinski definition) is 1. The van der Waals surface area contributed by atoms with Gasteiger partial charge in [-0.05, 0) is 65.2 Å². The molecule has 0 aromatic rings. The van der Waals surface area contributed by atoms with E-state index >= 15 is 0 Å². The van der Waals surface area contributed by atoms with Crippen LogP contribution in [0.15, 0.2) is 0 Å². The van der Waals surface area contributed by atoms with Crippen LogP contribution in [0.3, 0.4) is 0 Å². The molecule has 0 amide bonds. The summed E-state index contributed by atoms with van der Waals surface area (Å²) in [5, 5.41) is 0. The number of hydrogen-bond acceptors (Lipinski definition) is 4. The molecule has 0 radical (unpaired) electrons. The Labute approximate surface area is 124 Å². The summed E-state index contributed by atoms with van der Waals surface area (Å²) in [6, 6.07) is 0.851. The zero-order valence-electron chi connectivity index (χ0n) is 13.2. The molecule has 2 aliphatic heterocycles. The second-order valence-corrected chi connectivity index (χ2v) is 6.27. The van der Waals surface area contributed by atoms with Gasteiger partial charge in [-0.1, -0.05) is 6.42 Å². The molecule has 2 heterocycles. The van der Waals surface area contributed by atoms with Crippen molar-refractivity contribution in [2.75, 3.05) is 45.9 Å². The monoisotopic (exact) mass is 283 g/mol. The van der Waals surface area contributed by atoms with E-state index in [1.165, 1.54) is 58.3 Å². The van der Waals surface area contributed by atoms with Crippen molar-refractivity contribution < 1.29 is 4.74 Å². The number of piperidine rings is 2. The zero-order chi connectivity index (χ0) is 14.2. The number of nitrogens with zero attached hydrogens (tertiary/aromatic N) is 2. The minimum Gasteiger partial charge on any atom is -0.377 e. The SMILES string of the molecule is CCOC(CN)CCN1CCC(N2CCCCC2)CC1. The van der Waals surface area contributed by atoms with Gasteiger partial charge in [-0.3, -0.25) is 0 Å². The first-order valence-electron chi connectivity index (χ1n) is 8.61. The first-order valence-corrected chi connectivity index (χ1v) is 8.61. The molecule has 0 saturated carbocycles. The molecule has 0 spiro atoms. The second-order valence-electron chi connectivity index (χ2n) is 6.27. The van der Waals surface area contributed by atoms with E-state index in [4.69, 9.17) is 10.5 Å². The van der Waals surface area contributed by atoms with Crippen molar-refractivity contribution in [2.24, 2.45) is 5.73 Å². The van der Waals surface area contributed by atoms with Gasteiger partial charge >= 0.3 is 0 Å². The van der Waals surface area contributed by atoms with Crippen molar-refractivity contribution in [1.29, 1.82) is 0 Å². The zero-order valence-corrected chi connectivity index (χ0v) is 13.2. The lowest BCUT2D eigenvalue weighted by molar-refractivity contribution is 0.0448. The Morgan fingerprint density at radius 3 is 2.40 bits per heavy atom. The highest BCUT2D eigenvalue weighted by Gasteiger charge is 2.25. The van der Waals surface area contributed by atoms with Crippen molar-refractivity contribution >= 4 is 0 Å². The van der Waals surface area contributed by atoms with Gasteiger partial charge in [-0.15, -0.1) is 0 Å². The van der Waals surface area contributed by atoms with Crippen molar-refractivity contribution in [3.8, 4) is 0 Å². The third kappa shape index (κ3) is 4.99. The Bertz CT molecular complexity index is 248. The van der Waals surface area contributed by atoms with Crippen LogP contribution < -0.4 is 5.73 Å². The minimum absolute atomic E-state index is 0.250. The quantitative estimate of drug-likeness (QED) is 0.772. The summed E-state index contributed by atoms with van der Waals surface area (Å²) >= 11 is 0. The third-order valence-corrected chi connectivity index (χ3v) is 4.90. The van der Waals surface area contributed by atoms with Crippen LogP contribution in [0.5, 0.6) is 0 Å². The molecule has 0 aromatic carbocycles. The van der Waals surface area contributed by atoms with Crippen LogP contribution in [-0.2, 0) is 4.74 Å². The molecule has 2 saturated heterocycles. The predicted molar refractivity (Wildman–Crippen MR) is 84.0 cm³/mol. The molecule has 20 heavy (non-hydrogen) atoms. The van der Waals surface area contributed by atoms with Crippen LogP contribution in [-0.4, -0.2) is 67.8 Å². The smallest absolute Gasteiger partial charge is 0.0709 e. The summed E-state index contributed by atoms with van der Waals surface area (Å²) < 4.78 is 5.64. The molecular weight excluding hydrogens is 250 g/mol. The van der Waals surface area contributed by atoms with Crippen LogP contribution in [0.4, 0.5) is 0 Å². The van der Waals surface area contributed by atoms with Gasteiger partial charge in [-0.25, -0.2) is 0 Å². The molecule has 4 heteroatoms. The molecule has 0 aliphatic carbocycles. The van der Waals surface area contributed by atoms with E-state index < -0.39 is 0 Å². The molecule has 4 nitrogen and oxygen atoms in total. The average molecular weight is 283 g/mol. The first kappa shape index (κ1) is 16.2. The summed E-state index contributed by atoms with van der Waals surface area (Å²) in [7, 11) is 0. The first-order chi connectivity index (χ1) is 9.83. The average Bonchev–Trinajstić information content (AvgIpc) is 2.53. The minimum atomic E-state index is 0.250. The molecule has 0 bridgehead atoms. The summed E-state index contributed by atoms with van der Waals surface area (Å²) in [5.41, 5.74) is 5.74. The van der Waals surface area contributed by atoms with Crippen molar-refractivity contribution in [3.05, 3.63) is 0 Å². The predicted octanol–water partition coefficient (Wildman–Crippen LogP) is 1.69. The molecule has 2 rings (SSSR count). The van der Waals surface area contributed by atoms with E-state index in [0.717, 1.165) is 25.6 Å². The molecule has 0 aromatic heterocycles. The van der Waals surface area contributed by atoms with Gasteiger partial charge in [0.1, 0.15) is 0 Å². The van der Waals surface area contributed by atoms with Gasteiger partial charge in [0.15, 0.2) is 0 Å². The van der Waals surface area contributed by atoms with Crippen LogP contribution in [0.25, 0.3) is 0 Å². The third-order valence-electron chi connectivity index (χ3n) is 4.90. The maximum Gasteiger partial charge on any atom is 0.0709 e. The molecular formula is C16H33N3O. The van der Waals surface area contributed by atoms with E-state index in [9.17, 15) is 0 Å². The fourth-order valence-electron chi connectivity index (χ4n) is 3.62. The fraction of sp³-hybridized carbons (Fsp3) is 1.00. The van der Waals surface area contributed by atoms with Gasteiger partial charge in [0, 0.05) is 25.7 Å². The van der Waals surface area contributed by atoms with Crippen LogP contribution in [0, 0.1) is 0 Å². The lowest BCUT2D eigenvalue weighted by atomic mass is 9.99. The van der Waals surface area contributed by atoms with Crippen molar-refractivity contribution in [3.63, 3.8) is 0 Å². The lowest BCUT2D eigenvalue weighted by Gasteiger charge is -2.40. The Hall–Kier alpha value is -0.160. The molecule has 118 valence electrons. The van der Waals surface area contributed by atoms with E-state index in [-0.39, 0.29) is 6.10 Å². The largest absolute Gasteiger partial charge is 0.377 e. The number of ether oxygens (including phenoxy) is 1. The molecule has 2 aliphatic rings. The van der Waals surface area contributed by atoms with E-state index in [1.807, 2.05) is 6.92 Å². The maximum absolute atomic E-state index is 5.74. The molecule has 2 N–H and O–H groups in total. The van der Waals surface area contributed by atoms with E-state index in [1.54, 1.807) is 0 Å². The topological polar surface area (TPSA) is 41.7 Å². The van der Waals surface area contributed by atoms with Crippen LogP contribution in [0.2, 0.25) is 0 Å². The molecule has 2 fully saturated rings. The van der Waals surface area contributed by atoms with Gasteiger partial charge in [0.05, 0.1) is 6.10 Å². The Balaban J connectivity index is 1.63. The van der Waals surface area contributed by atoms with Gasteiger partial charge in [-0.2, -0.15) is 0 Å². The van der Waals surface area contributed by atoms with E-state index in [2.05, 4.69) is 9.80 Å². The van der Waals surface area contributed by atoms with Crippen molar-refractivity contribution in [2.45, 2.75) is 57.6 Å². The summed E-state index contributed by atoms with van der Waals surface area (Å²) in [4.78, 5) is 5.34. The summed E-state index contributed by atoms with van der Waals surface area (Å²) in [5.74, 6) is 0. The highest BCUT2D eigenvalue weighted by atomic mass is 16.5. The van der Waals surface area contributed by atoms with Gasteiger partial charge in [0.25, 0.3) is 0 Å². The number of likely N-dealkylation sites (tertiary alicyclic amines) is 2. The fourth-order valence-corrected chi connectivity index (χ4v) is 3.62. The van der Waals surface area contributed by atoms with E-state index in [0.29, 0.717) is 6.54 Å². The highest BCUT2D eigenvalue weighted by Crippen LogP contribution is 2.21. The number of rotatable bonds is 7. The van der Waals surface area contributed by atoms with Crippen molar-refractivity contribution in [1.82, 2.24) is 9.80 Å². The normalized spacial score (nSPS) is 24.9. The van der Waals surface area contributed by atoms with Gasteiger partial charge in [0.2, 0.25) is 0 Å². The highest BCUT2D eigenvalue weighted by molar-refractivity contribution is 4.81. The Morgan fingerprint density at radius 2 is 1.80 bits per heavy atom. The summed E-state index contributed by atoms with van der Waals surface area (Å²) in [6.45, 7) is 9.81. The van der Waals surface area contributed by atoms with Crippen LogP contribution in [0.1, 0.15) is 45.4 Å². The Morgan fingerprint density at radius 1 is 1.10 bits per heavy atom. The summed E-state index contributed by atoms with van der Waals surface area (Å²) in [6.07, 6.45) is 8.29. The second kappa shape index (κ2) is 8.98. The maximum atomic E-state index is 5.74. The number of nitrogens with two attached hydrogens (primary N) is 1. The standard InChI is InChI=1S/C16H33N3O/c1-2-20-16(14-17)8-13-18-11-6-15(7-12-18)19-9-4-3-5-10-19/h15-16H,2-14,17H2,1H3. The van der Waals surface area contributed by atoms with Gasteiger partial charge < -0.3 is 20.3 Å². The molecule has 1 atom stereocenters. The van der Waals surface area contributed by atoms with Crippen LogP contribution >= 0.6 is 0 Å². The Kier molecular flexibility index (Phi) is 7.28.